The molecule has 1 atom stereocenters. The Morgan fingerprint density at radius 2 is 2.17 bits per heavy atom. The zero-order valence-electron chi connectivity index (χ0n) is 10.6. The van der Waals surface area contributed by atoms with Gasteiger partial charge in [-0.05, 0) is 37.1 Å². The lowest BCUT2D eigenvalue weighted by Crippen LogP contribution is -2.46. The summed E-state index contributed by atoms with van der Waals surface area (Å²) in [6, 6.07) is 7.31. The van der Waals surface area contributed by atoms with E-state index >= 15 is 0 Å². The molecule has 2 rings (SSSR count). The molecule has 4 N–H and O–H groups in total. The molecule has 0 saturated carbocycles. The van der Waals surface area contributed by atoms with Crippen molar-refractivity contribution in [3.05, 3.63) is 24.3 Å². The third kappa shape index (κ3) is 2.80. The molecule has 1 unspecified atom stereocenters. The lowest BCUT2D eigenvalue weighted by Gasteiger charge is -2.25. The van der Waals surface area contributed by atoms with Crippen LogP contribution in [0.4, 0.5) is 11.4 Å². The minimum atomic E-state index is -0.130. The first-order valence-electron chi connectivity index (χ1n) is 6.37. The summed E-state index contributed by atoms with van der Waals surface area (Å²) in [5.41, 5.74) is 13.3. The summed E-state index contributed by atoms with van der Waals surface area (Å²) in [6.07, 6.45) is 1.75. The van der Waals surface area contributed by atoms with E-state index in [0.29, 0.717) is 5.69 Å². The molecule has 1 aliphatic heterocycles. The summed E-state index contributed by atoms with van der Waals surface area (Å²) in [5, 5.41) is 0. The number of nitrogens with zero attached hydrogens (tertiary/aromatic N) is 1. The number of nitrogens with two attached hydrogens (primary N) is 1. The van der Waals surface area contributed by atoms with E-state index in [2.05, 4.69) is 17.8 Å². The van der Waals surface area contributed by atoms with E-state index in [4.69, 9.17) is 5.73 Å². The number of anilines is 2. The van der Waals surface area contributed by atoms with Crippen LogP contribution in [0.5, 0.6) is 0 Å². The highest BCUT2D eigenvalue weighted by atomic mass is 16.2. The van der Waals surface area contributed by atoms with Crippen molar-refractivity contribution < 1.29 is 4.79 Å². The first-order valence-corrected chi connectivity index (χ1v) is 6.37. The van der Waals surface area contributed by atoms with Crippen LogP contribution in [0, 0.1) is 0 Å². The fourth-order valence-electron chi connectivity index (χ4n) is 2.10. The second-order valence-electron chi connectivity index (χ2n) is 4.49. The molecule has 1 amide bonds. The Morgan fingerprint density at radius 3 is 2.72 bits per heavy atom. The summed E-state index contributed by atoms with van der Waals surface area (Å²) in [7, 11) is 0. The molecular weight excluding hydrogens is 228 g/mol. The third-order valence-electron chi connectivity index (χ3n) is 3.05. The number of carbonyl (C=O) groups excluding carboxylic acids is 1. The number of nitrogen functional groups attached to an aromatic ring is 1. The molecule has 1 aliphatic rings. The van der Waals surface area contributed by atoms with Gasteiger partial charge in [-0.25, -0.2) is 5.43 Å². The van der Waals surface area contributed by atoms with E-state index < -0.39 is 0 Å². The van der Waals surface area contributed by atoms with Gasteiger partial charge in [0, 0.05) is 24.5 Å². The molecule has 1 fully saturated rings. The topological polar surface area (TPSA) is 70.4 Å². The first-order chi connectivity index (χ1) is 8.72. The fraction of sp³-hybridized carbons (Fsp3) is 0.462. The fourth-order valence-corrected chi connectivity index (χ4v) is 2.10. The number of rotatable bonds is 4. The summed E-state index contributed by atoms with van der Waals surface area (Å²) in [4.78, 5) is 14.2. The molecule has 98 valence electrons. The molecule has 5 heteroatoms. The van der Waals surface area contributed by atoms with Crippen molar-refractivity contribution in [2.45, 2.75) is 25.8 Å². The van der Waals surface area contributed by atoms with E-state index in [1.54, 1.807) is 0 Å². The number of hydrogen-bond acceptors (Lipinski definition) is 4. The molecule has 0 aliphatic carbocycles. The Balaban J connectivity index is 2.16. The van der Waals surface area contributed by atoms with Crippen LogP contribution in [0.3, 0.4) is 0 Å². The normalized spacial score (nSPS) is 18.8. The van der Waals surface area contributed by atoms with Crippen molar-refractivity contribution in [3.8, 4) is 0 Å². The van der Waals surface area contributed by atoms with E-state index in [-0.39, 0.29) is 11.9 Å². The van der Waals surface area contributed by atoms with Gasteiger partial charge in [0.25, 0.3) is 0 Å². The molecule has 0 bridgehead atoms. The van der Waals surface area contributed by atoms with E-state index in [1.807, 2.05) is 29.2 Å². The number of benzene rings is 1. The SMILES string of the molecule is CCCN(C(=O)C1CCNN1)c1ccc(N)cc1. The van der Waals surface area contributed by atoms with Crippen molar-refractivity contribution in [1.82, 2.24) is 10.9 Å². The smallest absolute Gasteiger partial charge is 0.245 e. The van der Waals surface area contributed by atoms with Crippen LogP contribution < -0.4 is 21.5 Å². The van der Waals surface area contributed by atoms with Gasteiger partial charge in [-0.2, -0.15) is 0 Å². The Morgan fingerprint density at radius 1 is 1.44 bits per heavy atom. The van der Waals surface area contributed by atoms with Gasteiger partial charge >= 0.3 is 0 Å². The number of hydrogen-bond donors (Lipinski definition) is 3. The molecule has 18 heavy (non-hydrogen) atoms. The number of amides is 1. The summed E-state index contributed by atoms with van der Waals surface area (Å²) in [5.74, 6) is 0.117. The highest BCUT2D eigenvalue weighted by Gasteiger charge is 2.27. The summed E-state index contributed by atoms with van der Waals surface area (Å²) in [6.45, 7) is 3.62. The van der Waals surface area contributed by atoms with Crippen LogP contribution in [0.2, 0.25) is 0 Å². The Bertz CT molecular complexity index is 398. The minimum Gasteiger partial charge on any atom is -0.399 e. The second-order valence-corrected chi connectivity index (χ2v) is 4.49. The first kappa shape index (κ1) is 12.9. The van der Waals surface area contributed by atoms with Gasteiger partial charge in [-0.1, -0.05) is 6.92 Å². The largest absolute Gasteiger partial charge is 0.399 e. The van der Waals surface area contributed by atoms with Crippen molar-refractivity contribution in [3.63, 3.8) is 0 Å². The van der Waals surface area contributed by atoms with Crippen molar-refractivity contribution in [2.24, 2.45) is 0 Å². The van der Waals surface area contributed by atoms with E-state index in [1.165, 1.54) is 0 Å². The lowest BCUT2D eigenvalue weighted by atomic mass is 10.1. The van der Waals surface area contributed by atoms with Gasteiger partial charge < -0.3 is 10.6 Å². The third-order valence-corrected chi connectivity index (χ3v) is 3.05. The zero-order valence-corrected chi connectivity index (χ0v) is 10.6. The number of nitrogens with one attached hydrogen (secondary N) is 2. The number of carbonyl (C=O) groups is 1. The predicted molar refractivity (Wildman–Crippen MR) is 73.0 cm³/mol. The number of hydrazine groups is 1. The Hall–Kier alpha value is -1.59. The molecule has 5 nitrogen and oxygen atoms in total. The van der Waals surface area contributed by atoms with Gasteiger partial charge in [0.1, 0.15) is 6.04 Å². The van der Waals surface area contributed by atoms with Crippen LogP contribution in [0.25, 0.3) is 0 Å². The van der Waals surface area contributed by atoms with Gasteiger partial charge in [0.05, 0.1) is 0 Å². The average Bonchev–Trinajstić information content (AvgIpc) is 2.90. The quantitative estimate of drug-likeness (QED) is 0.692. The van der Waals surface area contributed by atoms with Crippen LogP contribution in [-0.4, -0.2) is 25.0 Å². The maximum Gasteiger partial charge on any atom is 0.245 e. The lowest BCUT2D eigenvalue weighted by molar-refractivity contribution is -0.120. The monoisotopic (exact) mass is 248 g/mol. The van der Waals surface area contributed by atoms with Crippen LogP contribution in [0.1, 0.15) is 19.8 Å². The molecule has 0 spiro atoms. The second kappa shape index (κ2) is 5.84. The average molecular weight is 248 g/mol. The van der Waals surface area contributed by atoms with Gasteiger partial charge in [0.2, 0.25) is 5.91 Å². The van der Waals surface area contributed by atoms with Crippen molar-refractivity contribution in [1.29, 1.82) is 0 Å². The highest BCUT2D eigenvalue weighted by molar-refractivity contribution is 5.97. The van der Waals surface area contributed by atoms with E-state index in [9.17, 15) is 4.79 Å². The minimum absolute atomic E-state index is 0.117. The summed E-state index contributed by atoms with van der Waals surface area (Å²) >= 11 is 0. The zero-order chi connectivity index (χ0) is 13.0. The Kier molecular flexibility index (Phi) is 4.17. The molecule has 0 aromatic heterocycles. The molecule has 1 saturated heterocycles. The van der Waals surface area contributed by atoms with Crippen LogP contribution in [0.15, 0.2) is 24.3 Å². The van der Waals surface area contributed by atoms with Crippen LogP contribution >= 0.6 is 0 Å². The van der Waals surface area contributed by atoms with Crippen LogP contribution in [-0.2, 0) is 4.79 Å². The molecular formula is C13H20N4O. The molecule has 0 radical (unpaired) electrons. The maximum absolute atomic E-state index is 12.4. The van der Waals surface area contributed by atoms with Gasteiger partial charge in [0.15, 0.2) is 0 Å². The molecule has 1 heterocycles. The molecule has 1 aromatic rings. The maximum atomic E-state index is 12.4. The Labute approximate surface area is 107 Å². The van der Waals surface area contributed by atoms with Gasteiger partial charge in [-0.15, -0.1) is 0 Å². The van der Waals surface area contributed by atoms with E-state index in [0.717, 1.165) is 31.6 Å². The van der Waals surface area contributed by atoms with Crippen molar-refractivity contribution in [2.75, 3.05) is 23.7 Å². The van der Waals surface area contributed by atoms with Crippen molar-refractivity contribution >= 4 is 17.3 Å². The van der Waals surface area contributed by atoms with Gasteiger partial charge in [-0.3, -0.25) is 10.2 Å². The summed E-state index contributed by atoms with van der Waals surface area (Å²) < 4.78 is 0. The highest BCUT2D eigenvalue weighted by Crippen LogP contribution is 2.18. The molecule has 1 aromatic carbocycles. The standard InChI is InChI=1S/C13H20N4O/c1-2-9-17(11-5-3-10(14)4-6-11)13(18)12-7-8-15-16-12/h3-6,12,15-16H,2,7-9,14H2,1H3. The predicted octanol–water partition coefficient (Wildman–Crippen LogP) is 0.878.